The standard InChI is InChI=1S/C29H40FN5O3/c1-4-25-19-38-29-27(12-23(13-32-29)11-22-5-7-24(30)8-6-22)35(25)28(36)17-34-15-20(2)31-14-26(34)16-33-9-10-37-18-21(33)3/h5-8,12-13,20-21,25-26,31H,4,9-11,14-19H2,1-3H3/t20-,21-,25+,26-/m1/s1. The Labute approximate surface area is 225 Å². The molecule has 3 aliphatic rings. The Kier molecular flexibility index (Phi) is 8.57. The second-order valence-electron chi connectivity index (χ2n) is 10.9. The lowest BCUT2D eigenvalue weighted by Crippen LogP contribution is -2.62. The Morgan fingerprint density at radius 3 is 2.71 bits per heavy atom. The first-order valence-electron chi connectivity index (χ1n) is 13.9. The van der Waals surface area contributed by atoms with Gasteiger partial charge in [-0.3, -0.25) is 19.5 Å². The normalized spacial score (nSPS) is 26.6. The van der Waals surface area contributed by atoms with Gasteiger partial charge in [0.1, 0.15) is 18.1 Å². The fourth-order valence-corrected chi connectivity index (χ4v) is 5.74. The van der Waals surface area contributed by atoms with Crippen molar-refractivity contribution in [2.45, 2.75) is 57.8 Å². The van der Waals surface area contributed by atoms with Crippen molar-refractivity contribution in [1.82, 2.24) is 20.1 Å². The summed E-state index contributed by atoms with van der Waals surface area (Å²) in [4.78, 5) is 25.3. The van der Waals surface area contributed by atoms with E-state index in [0.29, 0.717) is 37.5 Å². The zero-order valence-corrected chi connectivity index (χ0v) is 22.7. The predicted octanol–water partition coefficient (Wildman–Crippen LogP) is 2.70. The molecule has 3 aliphatic heterocycles. The van der Waals surface area contributed by atoms with Gasteiger partial charge in [0, 0.05) is 50.5 Å². The maximum Gasteiger partial charge on any atom is 0.241 e. The zero-order chi connectivity index (χ0) is 26.6. The molecule has 206 valence electrons. The molecule has 1 amide bonds. The average Bonchev–Trinajstić information content (AvgIpc) is 2.92. The van der Waals surface area contributed by atoms with Crippen LogP contribution in [-0.4, -0.2) is 97.4 Å². The van der Waals surface area contributed by atoms with Gasteiger partial charge in [-0.05, 0) is 56.0 Å². The highest BCUT2D eigenvalue weighted by molar-refractivity contribution is 5.97. The van der Waals surface area contributed by atoms with Gasteiger partial charge in [0.15, 0.2) is 0 Å². The Bertz CT molecular complexity index is 1100. The first kappa shape index (κ1) is 27.0. The highest BCUT2D eigenvalue weighted by Gasteiger charge is 2.36. The Balaban J connectivity index is 1.35. The summed E-state index contributed by atoms with van der Waals surface area (Å²) in [6, 6.07) is 9.42. The average molecular weight is 526 g/mol. The summed E-state index contributed by atoms with van der Waals surface area (Å²) in [5, 5.41) is 3.61. The van der Waals surface area contributed by atoms with Crippen LogP contribution in [0.5, 0.6) is 5.88 Å². The number of benzene rings is 1. The number of carbonyl (C=O) groups is 1. The monoisotopic (exact) mass is 525 g/mol. The molecule has 1 N–H and O–H groups in total. The van der Waals surface area contributed by atoms with E-state index in [4.69, 9.17) is 9.47 Å². The van der Waals surface area contributed by atoms with Crippen LogP contribution in [0.4, 0.5) is 10.1 Å². The summed E-state index contributed by atoms with van der Waals surface area (Å²) < 4.78 is 25.0. The number of nitrogens with one attached hydrogen (secondary N) is 1. The van der Waals surface area contributed by atoms with Crippen LogP contribution in [0, 0.1) is 5.82 Å². The van der Waals surface area contributed by atoms with Gasteiger partial charge in [0.05, 0.1) is 25.8 Å². The second kappa shape index (κ2) is 12.1. The molecule has 0 bridgehead atoms. The molecule has 4 heterocycles. The molecule has 9 heteroatoms. The molecule has 4 atom stereocenters. The Hall–Kier alpha value is -2.59. The van der Waals surface area contributed by atoms with Gasteiger partial charge >= 0.3 is 0 Å². The first-order valence-corrected chi connectivity index (χ1v) is 13.9. The number of ether oxygens (including phenoxy) is 2. The van der Waals surface area contributed by atoms with Crippen molar-refractivity contribution in [3.63, 3.8) is 0 Å². The van der Waals surface area contributed by atoms with Crippen LogP contribution >= 0.6 is 0 Å². The van der Waals surface area contributed by atoms with Gasteiger partial charge in [-0.15, -0.1) is 0 Å². The number of carbonyl (C=O) groups excluding carboxylic acids is 1. The predicted molar refractivity (Wildman–Crippen MR) is 145 cm³/mol. The van der Waals surface area contributed by atoms with Crippen molar-refractivity contribution in [1.29, 1.82) is 0 Å². The van der Waals surface area contributed by atoms with E-state index in [-0.39, 0.29) is 23.8 Å². The zero-order valence-electron chi connectivity index (χ0n) is 22.7. The Morgan fingerprint density at radius 2 is 1.95 bits per heavy atom. The smallest absolute Gasteiger partial charge is 0.241 e. The van der Waals surface area contributed by atoms with E-state index < -0.39 is 0 Å². The molecule has 1 aromatic heterocycles. The van der Waals surface area contributed by atoms with E-state index in [1.807, 2.05) is 11.0 Å². The van der Waals surface area contributed by atoms with Crippen molar-refractivity contribution in [2.75, 3.05) is 57.4 Å². The maximum absolute atomic E-state index is 14.0. The molecule has 8 nitrogen and oxygen atoms in total. The number of piperazine rings is 1. The minimum atomic E-state index is -0.253. The third-order valence-corrected chi connectivity index (χ3v) is 8.00. The largest absolute Gasteiger partial charge is 0.474 e. The molecule has 1 aromatic carbocycles. The van der Waals surface area contributed by atoms with E-state index in [0.717, 1.165) is 62.6 Å². The molecule has 2 fully saturated rings. The number of pyridine rings is 1. The number of morpholine rings is 1. The van der Waals surface area contributed by atoms with Crippen molar-refractivity contribution in [3.8, 4) is 5.88 Å². The van der Waals surface area contributed by atoms with Crippen LogP contribution in [0.25, 0.3) is 0 Å². The number of amides is 1. The van der Waals surface area contributed by atoms with Crippen LogP contribution in [0.1, 0.15) is 38.3 Å². The molecule has 0 aliphatic carbocycles. The van der Waals surface area contributed by atoms with E-state index in [1.165, 1.54) is 12.1 Å². The molecule has 2 aromatic rings. The molecular formula is C29H40FN5O3. The number of hydrogen-bond acceptors (Lipinski definition) is 7. The number of anilines is 1. The van der Waals surface area contributed by atoms with Gasteiger partial charge in [0.2, 0.25) is 11.8 Å². The minimum Gasteiger partial charge on any atom is -0.474 e. The fraction of sp³-hybridized carbons (Fsp3) is 0.586. The highest BCUT2D eigenvalue weighted by Crippen LogP contribution is 2.34. The van der Waals surface area contributed by atoms with Crippen LogP contribution < -0.4 is 15.0 Å². The molecule has 0 unspecified atom stereocenters. The molecule has 2 saturated heterocycles. The second-order valence-corrected chi connectivity index (χ2v) is 10.9. The lowest BCUT2D eigenvalue weighted by Gasteiger charge is -2.44. The van der Waals surface area contributed by atoms with Crippen LogP contribution in [0.15, 0.2) is 36.5 Å². The number of hydrogen-bond donors (Lipinski definition) is 1. The van der Waals surface area contributed by atoms with Gasteiger partial charge in [0.25, 0.3) is 0 Å². The third-order valence-electron chi connectivity index (χ3n) is 8.00. The van der Waals surface area contributed by atoms with Crippen molar-refractivity contribution in [2.24, 2.45) is 0 Å². The number of nitrogens with zero attached hydrogens (tertiary/aromatic N) is 4. The molecular weight excluding hydrogens is 485 g/mol. The van der Waals surface area contributed by atoms with Gasteiger partial charge < -0.3 is 14.8 Å². The van der Waals surface area contributed by atoms with Crippen molar-refractivity contribution >= 4 is 11.6 Å². The molecule has 0 radical (unpaired) electrons. The highest BCUT2D eigenvalue weighted by atomic mass is 19.1. The van der Waals surface area contributed by atoms with Crippen molar-refractivity contribution < 1.29 is 18.7 Å². The van der Waals surface area contributed by atoms with Crippen LogP contribution in [-0.2, 0) is 16.0 Å². The fourth-order valence-electron chi connectivity index (χ4n) is 5.74. The van der Waals surface area contributed by atoms with E-state index in [9.17, 15) is 9.18 Å². The summed E-state index contributed by atoms with van der Waals surface area (Å²) in [6.07, 6.45) is 3.18. The van der Waals surface area contributed by atoms with Crippen LogP contribution in [0.3, 0.4) is 0 Å². The number of fused-ring (bicyclic) bond motifs is 1. The van der Waals surface area contributed by atoms with E-state index in [1.54, 1.807) is 18.3 Å². The van der Waals surface area contributed by atoms with Gasteiger partial charge in [-0.2, -0.15) is 0 Å². The topological polar surface area (TPSA) is 70.2 Å². The first-order chi connectivity index (χ1) is 18.4. The maximum atomic E-state index is 14.0. The number of halogens is 1. The lowest BCUT2D eigenvalue weighted by atomic mass is 10.0. The quantitative estimate of drug-likeness (QED) is 0.596. The third kappa shape index (κ3) is 6.17. The summed E-state index contributed by atoms with van der Waals surface area (Å²) in [7, 11) is 0. The molecule has 0 spiro atoms. The molecule has 0 saturated carbocycles. The van der Waals surface area contributed by atoms with E-state index >= 15 is 0 Å². The van der Waals surface area contributed by atoms with Crippen molar-refractivity contribution in [3.05, 3.63) is 53.5 Å². The van der Waals surface area contributed by atoms with Gasteiger partial charge in [-0.25, -0.2) is 9.37 Å². The van der Waals surface area contributed by atoms with Gasteiger partial charge in [-0.1, -0.05) is 19.1 Å². The Morgan fingerprint density at radius 1 is 1.13 bits per heavy atom. The summed E-state index contributed by atoms with van der Waals surface area (Å²) in [5.74, 6) is 0.325. The number of aromatic nitrogens is 1. The summed E-state index contributed by atoms with van der Waals surface area (Å²) >= 11 is 0. The molecule has 5 rings (SSSR count). The SMILES string of the molecule is CC[C@H]1COc2ncc(Cc3ccc(F)cc3)cc2N1C(=O)CN1C[C@@H](C)NC[C@@H]1CN1CCOC[C@H]1C. The summed E-state index contributed by atoms with van der Waals surface area (Å²) in [5.41, 5.74) is 2.68. The number of rotatable bonds is 7. The minimum absolute atomic E-state index is 0.0454. The van der Waals surface area contributed by atoms with Crippen LogP contribution in [0.2, 0.25) is 0 Å². The molecule has 38 heavy (non-hydrogen) atoms. The summed E-state index contributed by atoms with van der Waals surface area (Å²) in [6.45, 7) is 12.3. The lowest BCUT2D eigenvalue weighted by molar-refractivity contribution is -0.122. The van der Waals surface area contributed by atoms with E-state index in [2.05, 4.69) is 40.9 Å².